The third kappa shape index (κ3) is 3.83. The monoisotopic (exact) mass is 343 g/mol. The zero-order valence-corrected chi connectivity index (χ0v) is 15.0. The molecule has 1 N–H and O–H groups in total. The van der Waals surface area contributed by atoms with Gasteiger partial charge in [0.15, 0.2) is 5.16 Å². The van der Waals surface area contributed by atoms with Gasteiger partial charge in [0, 0.05) is 12.6 Å². The van der Waals surface area contributed by atoms with Crippen molar-refractivity contribution in [3.05, 3.63) is 36.9 Å². The van der Waals surface area contributed by atoms with Crippen molar-refractivity contribution in [1.82, 2.24) is 14.9 Å². The predicted molar refractivity (Wildman–Crippen MR) is 100 cm³/mol. The Balaban J connectivity index is 1.72. The highest BCUT2D eigenvalue weighted by Gasteiger charge is 2.22. The van der Waals surface area contributed by atoms with Gasteiger partial charge in [-0.3, -0.25) is 4.79 Å². The van der Waals surface area contributed by atoms with Gasteiger partial charge in [0.25, 0.3) is 0 Å². The van der Waals surface area contributed by atoms with Crippen molar-refractivity contribution in [3.8, 4) is 0 Å². The standard InChI is InChI=1S/C19H25N3OS/c1-3-13-22-17-12-8-7-11-16(17)21-19(22)24-14(2)18(23)20-15-9-5-4-6-10-15/h3,7-8,11-12,14-15H,1,4-6,9-10,13H2,2H3,(H,20,23). The summed E-state index contributed by atoms with van der Waals surface area (Å²) < 4.78 is 2.12. The number of hydrogen-bond acceptors (Lipinski definition) is 3. The maximum Gasteiger partial charge on any atom is 0.233 e. The van der Waals surface area contributed by atoms with Crippen molar-refractivity contribution in [2.24, 2.45) is 0 Å². The van der Waals surface area contributed by atoms with Crippen molar-refractivity contribution in [2.45, 2.75) is 62.0 Å². The van der Waals surface area contributed by atoms with Crippen LogP contribution in [0.25, 0.3) is 11.0 Å². The summed E-state index contributed by atoms with van der Waals surface area (Å²) in [4.78, 5) is 17.2. The van der Waals surface area contributed by atoms with Crippen LogP contribution in [0.15, 0.2) is 42.1 Å². The smallest absolute Gasteiger partial charge is 0.233 e. The third-order valence-electron chi connectivity index (χ3n) is 4.53. The fourth-order valence-corrected chi connectivity index (χ4v) is 4.17. The van der Waals surface area contributed by atoms with Crippen molar-refractivity contribution in [2.75, 3.05) is 0 Å². The van der Waals surface area contributed by atoms with E-state index in [1.165, 1.54) is 31.0 Å². The Bertz CT molecular complexity index is 718. The van der Waals surface area contributed by atoms with E-state index in [4.69, 9.17) is 4.98 Å². The average molecular weight is 343 g/mol. The molecule has 2 aromatic rings. The molecule has 0 radical (unpaired) electrons. The maximum absolute atomic E-state index is 12.5. The van der Waals surface area contributed by atoms with E-state index in [1.54, 1.807) is 0 Å². The summed E-state index contributed by atoms with van der Waals surface area (Å²) in [5.41, 5.74) is 2.04. The minimum Gasteiger partial charge on any atom is -0.352 e. The molecule has 1 heterocycles. The van der Waals surface area contributed by atoms with E-state index in [2.05, 4.69) is 22.5 Å². The van der Waals surface area contributed by atoms with Gasteiger partial charge in [0.2, 0.25) is 5.91 Å². The zero-order chi connectivity index (χ0) is 16.9. The van der Waals surface area contributed by atoms with Crippen LogP contribution in [0.5, 0.6) is 0 Å². The van der Waals surface area contributed by atoms with E-state index in [1.807, 2.05) is 31.2 Å². The van der Waals surface area contributed by atoms with Gasteiger partial charge in [-0.1, -0.05) is 49.2 Å². The Labute approximate surface area is 147 Å². The molecule has 1 aromatic heterocycles. The molecule has 1 atom stereocenters. The van der Waals surface area contributed by atoms with Gasteiger partial charge in [0.05, 0.1) is 16.3 Å². The first-order valence-electron chi connectivity index (χ1n) is 8.72. The summed E-state index contributed by atoms with van der Waals surface area (Å²) in [7, 11) is 0. The average Bonchev–Trinajstić information content (AvgIpc) is 2.94. The maximum atomic E-state index is 12.5. The van der Waals surface area contributed by atoms with Crippen LogP contribution in [0, 0.1) is 0 Å². The Hall–Kier alpha value is -1.75. The van der Waals surface area contributed by atoms with Crippen LogP contribution >= 0.6 is 11.8 Å². The summed E-state index contributed by atoms with van der Waals surface area (Å²) in [5, 5.41) is 3.92. The van der Waals surface area contributed by atoms with E-state index < -0.39 is 0 Å². The number of carbonyl (C=O) groups is 1. The second kappa shape index (κ2) is 7.88. The van der Waals surface area contributed by atoms with E-state index in [0.717, 1.165) is 29.0 Å². The summed E-state index contributed by atoms with van der Waals surface area (Å²) >= 11 is 1.52. The number of amides is 1. The molecule has 0 bridgehead atoms. The molecule has 1 amide bonds. The number of hydrogen-bond donors (Lipinski definition) is 1. The summed E-state index contributed by atoms with van der Waals surface area (Å²) in [6, 6.07) is 8.41. The van der Waals surface area contributed by atoms with Crippen LogP contribution in [-0.2, 0) is 11.3 Å². The number of benzene rings is 1. The first-order valence-corrected chi connectivity index (χ1v) is 9.60. The van der Waals surface area contributed by atoms with Crippen LogP contribution < -0.4 is 5.32 Å². The van der Waals surface area contributed by atoms with Gasteiger partial charge >= 0.3 is 0 Å². The highest BCUT2D eigenvalue weighted by molar-refractivity contribution is 8.00. The molecule has 0 aliphatic heterocycles. The largest absolute Gasteiger partial charge is 0.352 e. The van der Waals surface area contributed by atoms with Gasteiger partial charge in [0.1, 0.15) is 0 Å². The summed E-state index contributed by atoms with van der Waals surface area (Å²) in [6.07, 6.45) is 7.83. The molecule has 1 aliphatic carbocycles. The molecule has 1 fully saturated rings. The lowest BCUT2D eigenvalue weighted by molar-refractivity contribution is -0.121. The molecule has 1 aliphatic rings. The van der Waals surface area contributed by atoms with Gasteiger partial charge in [-0.25, -0.2) is 4.98 Å². The Kier molecular flexibility index (Phi) is 5.61. The molecule has 5 heteroatoms. The van der Waals surface area contributed by atoms with Crippen LogP contribution in [0.3, 0.4) is 0 Å². The van der Waals surface area contributed by atoms with Gasteiger partial charge < -0.3 is 9.88 Å². The molecule has 1 unspecified atom stereocenters. The first kappa shape index (κ1) is 17.1. The highest BCUT2D eigenvalue weighted by atomic mass is 32.2. The van der Waals surface area contributed by atoms with Crippen LogP contribution in [-0.4, -0.2) is 26.8 Å². The number of thioether (sulfide) groups is 1. The molecular weight excluding hydrogens is 318 g/mol. The number of para-hydroxylation sites is 2. The number of aromatic nitrogens is 2. The molecule has 0 spiro atoms. The first-order chi connectivity index (χ1) is 11.7. The van der Waals surface area contributed by atoms with E-state index in [-0.39, 0.29) is 11.2 Å². The molecule has 1 saturated carbocycles. The minimum atomic E-state index is -0.160. The zero-order valence-electron chi connectivity index (χ0n) is 14.2. The molecule has 4 nitrogen and oxygen atoms in total. The van der Waals surface area contributed by atoms with E-state index in [9.17, 15) is 4.79 Å². The number of imidazole rings is 1. The highest BCUT2D eigenvalue weighted by Crippen LogP contribution is 2.28. The Morgan fingerprint density at radius 1 is 1.42 bits per heavy atom. The predicted octanol–water partition coefficient (Wildman–Crippen LogP) is 4.15. The molecule has 24 heavy (non-hydrogen) atoms. The number of allylic oxidation sites excluding steroid dienone is 1. The van der Waals surface area contributed by atoms with Gasteiger partial charge in [-0.15, -0.1) is 6.58 Å². The van der Waals surface area contributed by atoms with E-state index >= 15 is 0 Å². The number of rotatable bonds is 6. The normalized spacial score (nSPS) is 16.9. The molecule has 0 saturated heterocycles. The lowest BCUT2D eigenvalue weighted by Gasteiger charge is -2.24. The molecule has 1 aromatic carbocycles. The van der Waals surface area contributed by atoms with Crippen molar-refractivity contribution in [3.63, 3.8) is 0 Å². The fraction of sp³-hybridized carbons (Fsp3) is 0.474. The number of carbonyl (C=O) groups excluding carboxylic acids is 1. The topological polar surface area (TPSA) is 46.9 Å². The van der Waals surface area contributed by atoms with Gasteiger partial charge in [-0.05, 0) is 31.9 Å². The van der Waals surface area contributed by atoms with Crippen LogP contribution in [0.1, 0.15) is 39.0 Å². The van der Waals surface area contributed by atoms with Crippen molar-refractivity contribution >= 4 is 28.7 Å². The number of nitrogens with zero attached hydrogens (tertiary/aromatic N) is 2. The quantitative estimate of drug-likeness (QED) is 0.633. The molecule has 3 rings (SSSR count). The Morgan fingerprint density at radius 2 is 2.17 bits per heavy atom. The van der Waals surface area contributed by atoms with Crippen LogP contribution in [0.2, 0.25) is 0 Å². The summed E-state index contributed by atoms with van der Waals surface area (Å²) in [5.74, 6) is 0.115. The minimum absolute atomic E-state index is 0.115. The lowest BCUT2D eigenvalue weighted by atomic mass is 9.95. The van der Waals surface area contributed by atoms with Crippen molar-refractivity contribution < 1.29 is 4.79 Å². The SMILES string of the molecule is C=CCn1c(SC(C)C(=O)NC2CCCCC2)nc2ccccc21. The molecular formula is C19H25N3OS. The van der Waals surface area contributed by atoms with Crippen LogP contribution in [0.4, 0.5) is 0 Å². The second-order valence-corrected chi connectivity index (χ2v) is 7.69. The number of fused-ring (bicyclic) bond motifs is 1. The fourth-order valence-electron chi connectivity index (χ4n) is 3.23. The third-order valence-corrected chi connectivity index (χ3v) is 5.62. The number of nitrogens with one attached hydrogen (secondary N) is 1. The van der Waals surface area contributed by atoms with Crippen molar-refractivity contribution in [1.29, 1.82) is 0 Å². The van der Waals surface area contributed by atoms with E-state index in [0.29, 0.717) is 12.6 Å². The lowest BCUT2D eigenvalue weighted by Crippen LogP contribution is -2.40. The summed E-state index contributed by atoms with van der Waals surface area (Å²) in [6.45, 7) is 6.49. The second-order valence-electron chi connectivity index (χ2n) is 6.39. The Morgan fingerprint density at radius 3 is 2.92 bits per heavy atom. The molecule has 128 valence electrons. The van der Waals surface area contributed by atoms with Gasteiger partial charge in [-0.2, -0.15) is 0 Å².